The van der Waals surface area contributed by atoms with Crippen molar-refractivity contribution in [3.8, 4) is 11.5 Å². The standard InChI is InChI=1S/C26H28N2O5/c1-19(28-26(30)33-18-21-11-7-4-8-12-21)25(29)27-16-22-13-14-23(24(15-22)31-2)32-17-20-9-5-3-6-10-20/h3-15,19H,16-18H2,1-2H3,(H,27,29)(H,28,30)/t19-/m1/s1. The molecule has 3 aromatic carbocycles. The van der Waals surface area contributed by atoms with Gasteiger partial charge in [-0.15, -0.1) is 0 Å². The monoisotopic (exact) mass is 448 g/mol. The van der Waals surface area contributed by atoms with E-state index in [0.29, 0.717) is 18.1 Å². The summed E-state index contributed by atoms with van der Waals surface area (Å²) in [6, 6.07) is 23.9. The lowest BCUT2D eigenvalue weighted by molar-refractivity contribution is -0.122. The molecule has 0 spiro atoms. The minimum atomic E-state index is -0.747. The van der Waals surface area contributed by atoms with Crippen LogP contribution in [0.15, 0.2) is 78.9 Å². The summed E-state index contributed by atoms with van der Waals surface area (Å²) in [4.78, 5) is 24.3. The Balaban J connectivity index is 1.45. The van der Waals surface area contributed by atoms with E-state index in [0.717, 1.165) is 16.7 Å². The van der Waals surface area contributed by atoms with Crippen LogP contribution >= 0.6 is 0 Å². The van der Waals surface area contributed by atoms with Crippen LogP contribution < -0.4 is 20.1 Å². The molecular formula is C26H28N2O5. The number of hydrogen-bond donors (Lipinski definition) is 2. The number of carbonyl (C=O) groups is 2. The Morgan fingerprint density at radius 3 is 2.09 bits per heavy atom. The Morgan fingerprint density at radius 1 is 0.818 bits per heavy atom. The van der Waals surface area contributed by atoms with Gasteiger partial charge in [-0.2, -0.15) is 0 Å². The molecule has 0 fully saturated rings. The van der Waals surface area contributed by atoms with Gasteiger partial charge in [0.25, 0.3) is 0 Å². The van der Waals surface area contributed by atoms with Crippen LogP contribution in [0.4, 0.5) is 4.79 Å². The van der Waals surface area contributed by atoms with Crippen molar-refractivity contribution in [3.05, 3.63) is 95.6 Å². The second-order valence-electron chi connectivity index (χ2n) is 7.41. The average Bonchev–Trinajstić information content (AvgIpc) is 2.86. The number of benzene rings is 3. The lowest BCUT2D eigenvalue weighted by Crippen LogP contribution is -2.44. The minimum Gasteiger partial charge on any atom is -0.493 e. The van der Waals surface area contributed by atoms with E-state index in [1.54, 1.807) is 14.0 Å². The Bertz CT molecular complexity index is 1040. The molecule has 0 aromatic heterocycles. The van der Waals surface area contributed by atoms with E-state index in [4.69, 9.17) is 14.2 Å². The maximum absolute atomic E-state index is 12.4. The molecule has 0 bridgehead atoms. The molecule has 2 N–H and O–H groups in total. The summed E-state index contributed by atoms with van der Waals surface area (Å²) in [6.07, 6.45) is -0.650. The highest BCUT2D eigenvalue weighted by Gasteiger charge is 2.16. The van der Waals surface area contributed by atoms with Gasteiger partial charge >= 0.3 is 6.09 Å². The Hall–Kier alpha value is -4.00. The third-order valence-corrected chi connectivity index (χ3v) is 4.87. The number of methoxy groups -OCH3 is 1. The summed E-state index contributed by atoms with van der Waals surface area (Å²) in [5.41, 5.74) is 2.76. The number of rotatable bonds is 10. The van der Waals surface area contributed by atoms with Crippen molar-refractivity contribution in [1.82, 2.24) is 10.6 Å². The molecule has 33 heavy (non-hydrogen) atoms. The molecule has 7 nitrogen and oxygen atoms in total. The molecule has 1 atom stereocenters. The van der Waals surface area contributed by atoms with Gasteiger partial charge in [-0.05, 0) is 35.7 Å². The van der Waals surface area contributed by atoms with Gasteiger partial charge in [0.1, 0.15) is 19.3 Å². The summed E-state index contributed by atoms with van der Waals surface area (Å²) in [6.45, 7) is 2.44. The molecule has 0 unspecified atom stereocenters. The summed E-state index contributed by atoms with van der Waals surface area (Å²) < 4.78 is 16.4. The third-order valence-electron chi connectivity index (χ3n) is 4.87. The highest BCUT2D eigenvalue weighted by molar-refractivity contribution is 5.85. The Morgan fingerprint density at radius 2 is 1.45 bits per heavy atom. The zero-order valence-corrected chi connectivity index (χ0v) is 18.7. The van der Waals surface area contributed by atoms with Crippen LogP contribution in [0.5, 0.6) is 11.5 Å². The number of ether oxygens (including phenoxy) is 3. The Kier molecular flexibility index (Phi) is 8.71. The van der Waals surface area contributed by atoms with Crippen molar-refractivity contribution in [2.45, 2.75) is 32.7 Å². The molecule has 0 radical (unpaired) electrons. The SMILES string of the molecule is COc1cc(CNC(=O)[C@@H](C)NC(=O)OCc2ccccc2)ccc1OCc1ccccc1. The van der Waals surface area contributed by atoms with Crippen molar-refractivity contribution in [1.29, 1.82) is 0 Å². The minimum absolute atomic E-state index is 0.138. The maximum Gasteiger partial charge on any atom is 0.408 e. The van der Waals surface area contributed by atoms with Crippen LogP contribution in [-0.4, -0.2) is 25.2 Å². The molecular weight excluding hydrogens is 420 g/mol. The van der Waals surface area contributed by atoms with Crippen molar-refractivity contribution in [3.63, 3.8) is 0 Å². The first-order chi connectivity index (χ1) is 16.0. The van der Waals surface area contributed by atoms with Gasteiger partial charge in [0.15, 0.2) is 11.5 Å². The zero-order chi connectivity index (χ0) is 23.5. The number of alkyl carbamates (subject to hydrolysis) is 1. The first-order valence-electron chi connectivity index (χ1n) is 10.6. The molecule has 0 aliphatic heterocycles. The van der Waals surface area contributed by atoms with Crippen LogP contribution in [0.1, 0.15) is 23.6 Å². The highest BCUT2D eigenvalue weighted by Crippen LogP contribution is 2.28. The number of carbonyl (C=O) groups excluding carboxylic acids is 2. The van der Waals surface area contributed by atoms with Gasteiger partial charge in [-0.25, -0.2) is 4.79 Å². The van der Waals surface area contributed by atoms with E-state index in [9.17, 15) is 9.59 Å². The highest BCUT2D eigenvalue weighted by atomic mass is 16.5. The smallest absolute Gasteiger partial charge is 0.408 e. The molecule has 3 aromatic rings. The van der Waals surface area contributed by atoms with Crippen LogP contribution in [0.25, 0.3) is 0 Å². The molecule has 0 aliphatic carbocycles. The van der Waals surface area contributed by atoms with Crippen molar-refractivity contribution in [2.24, 2.45) is 0 Å². The molecule has 7 heteroatoms. The van der Waals surface area contributed by atoms with E-state index in [-0.39, 0.29) is 19.1 Å². The second kappa shape index (κ2) is 12.1. The van der Waals surface area contributed by atoms with Crippen molar-refractivity contribution in [2.75, 3.05) is 7.11 Å². The molecule has 0 saturated carbocycles. The molecule has 2 amide bonds. The summed E-state index contributed by atoms with van der Waals surface area (Å²) >= 11 is 0. The van der Waals surface area contributed by atoms with Crippen LogP contribution in [-0.2, 0) is 29.3 Å². The second-order valence-corrected chi connectivity index (χ2v) is 7.41. The van der Waals surface area contributed by atoms with Gasteiger partial charge in [-0.1, -0.05) is 66.7 Å². The maximum atomic E-state index is 12.4. The van der Waals surface area contributed by atoms with Crippen LogP contribution in [0.3, 0.4) is 0 Å². The van der Waals surface area contributed by atoms with Crippen LogP contribution in [0, 0.1) is 0 Å². The first-order valence-corrected chi connectivity index (χ1v) is 10.6. The zero-order valence-electron chi connectivity index (χ0n) is 18.7. The topological polar surface area (TPSA) is 85.9 Å². The van der Waals surface area contributed by atoms with E-state index in [2.05, 4.69) is 10.6 Å². The normalized spacial score (nSPS) is 11.2. The number of hydrogen-bond acceptors (Lipinski definition) is 5. The van der Waals surface area contributed by atoms with E-state index in [1.807, 2.05) is 78.9 Å². The predicted octanol–water partition coefficient (Wildman–Crippen LogP) is 4.21. The summed E-state index contributed by atoms with van der Waals surface area (Å²) in [5.74, 6) is 0.871. The number of amides is 2. The number of nitrogens with one attached hydrogen (secondary N) is 2. The van der Waals surface area contributed by atoms with Crippen molar-refractivity contribution < 1.29 is 23.8 Å². The largest absolute Gasteiger partial charge is 0.493 e. The summed E-state index contributed by atoms with van der Waals surface area (Å²) in [7, 11) is 1.57. The molecule has 0 saturated heterocycles. The Labute approximate surface area is 193 Å². The fourth-order valence-electron chi connectivity index (χ4n) is 3.03. The lowest BCUT2D eigenvalue weighted by Gasteiger charge is -2.15. The van der Waals surface area contributed by atoms with Crippen molar-refractivity contribution >= 4 is 12.0 Å². The van der Waals surface area contributed by atoms with Crippen LogP contribution in [0.2, 0.25) is 0 Å². The van der Waals surface area contributed by atoms with E-state index in [1.165, 1.54) is 0 Å². The molecule has 3 rings (SSSR count). The molecule has 0 heterocycles. The van der Waals surface area contributed by atoms with Gasteiger partial charge in [0, 0.05) is 6.54 Å². The van der Waals surface area contributed by atoms with Gasteiger partial charge in [0.05, 0.1) is 7.11 Å². The predicted molar refractivity (Wildman–Crippen MR) is 125 cm³/mol. The van der Waals surface area contributed by atoms with Gasteiger partial charge in [-0.3, -0.25) is 4.79 Å². The quantitative estimate of drug-likeness (QED) is 0.485. The first kappa shape index (κ1) is 23.7. The van der Waals surface area contributed by atoms with E-state index < -0.39 is 12.1 Å². The third kappa shape index (κ3) is 7.57. The summed E-state index contributed by atoms with van der Waals surface area (Å²) in [5, 5.41) is 5.33. The van der Waals surface area contributed by atoms with Gasteiger partial charge in [0.2, 0.25) is 5.91 Å². The molecule has 0 aliphatic rings. The molecule has 172 valence electrons. The van der Waals surface area contributed by atoms with E-state index >= 15 is 0 Å². The average molecular weight is 449 g/mol. The lowest BCUT2D eigenvalue weighted by atomic mass is 10.2. The van der Waals surface area contributed by atoms with Gasteiger partial charge < -0.3 is 24.8 Å². The fraction of sp³-hybridized carbons (Fsp3) is 0.231. The fourth-order valence-corrected chi connectivity index (χ4v) is 3.03.